The van der Waals surface area contributed by atoms with Gasteiger partial charge in [0.15, 0.2) is 13.2 Å². The van der Waals surface area contributed by atoms with Crippen LogP contribution in [0.5, 0.6) is 11.5 Å². The third kappa shape index (κ3) is 10.6. The highest BCUT2D eigenvalue weighted by molar-refractivity contribution is 5.96. The first-order valence-electron chi connectivity index (χ1n) is 19.3. The first-order valence-corrected chi connectivity index (χ1v) is 19.3. The molecule has 11 heteroatoms. The normalized spacial score (nSPS) is 15.0. The molecule has 2 aromatic heterocycles. The topological polar surface area (TPSA) is 132 Å². The molecule has 0 unspecified atom stereocenters. The molecule has 0 spiro atoms. The van der Waals surface area contributed by atoms with Crippen LogP contribution in [0.2, 0.25) is 0 Å². The lowest BCUT2D eigenvalue weighted by atomic mass is 9.86. The van der Waals surface area contributed by atoms with Gasteiger partial charge in [0.1, 0.15) is 18.2 Å². The first kappa shape index (κ1) is 42.0. The van der Waals surface area contributed by atoms with Crippen molar-refractivity contribution in [2.75, 3.05) is 30.5 Å². The number of aromatic amines is 1. The van der Waals surface area contributed by atoms with Gasteiger partial charge in [0.25, 0.3) is 11.8 Å². The Labute approximate surface area is 331 Å². The van der Waals surface area contributed by atoms with E-state index in [0.29, 0.717) is 6.73 Å². The second kappa shape index (κ2) is 16.5. The summed E-state index contributed by atoms with van der Waals surface area (Å²) >= 11 is 0. The largest absolute Gasteiger partial charge is 0.482 e. The second-order valence-electron chi connectivity index (χ2n) is 18.5. The summed E-state index contributed by atoms with van der Waals surface area (Å²) in [5, 5.41) is 18.5. The lowest BCUT2D eigenvalue weighted by molar-refractivity contribution is -0.119. The highest BCUT2D eigenvalue weighted by Crippen LogP contribution is 2.35. The van der Waals surface area contributed by atoms with Crippen LogP contribution in [0.1, 0.15) is 111 Å². The Morgan fingerprint density at radius 2 is 1.27 bits per heavy atom. The van der Waals surface area contributed by atoms with Gasteiger partial charge >= 0.3 is 0 Å². The summed E-state index contributed by atoms with van der Waals surface area (Å²) in [5.41, 5.74) is 9.41. The van der Waals surface area contributed by atoms with Crippen LogP contribution in [0.15, 0.2) is 66.9 Å². The molecular formula is C45H60N6O5. The van der Waals surface area contributed by atoms with Crippen molar-refractivity contribution in [3.63, 3.8) is 0 Å². The fourth-order valence-corrected chi connectivity index (χ4v) is 6.35. The van der Waals surface area contributed by atoms with Crippen molar-refractivity contribution in [3.8, 4) is 11.5 Å². The summed E-state index contributed by atoms with van der Waals surface area (Å²) in [6.07, 6.45) is 2.97. The first-order chi connectivity index (χ1) is 26.1. The molecule has 56 heavy (non-hydrogen) atoms. The minimum absolute atomic E-state index is 0.0806. The lowest BCUT2D eigenvalue weighted by Crippen LogP contribution is -2.26. The van der Waals surface area contributed by atoms with E-state index in [4.69, 9.17) is 14.2 Å². The number of nitrogens with zero attached hydrogens (tertiary/aromatic N) is 3. The average molecular weight is 765 g/mol. The third-order valence-electron chi connectivity index (χ3n) is 9.62. The molecule has 3 N–H and O–H groups in total. The number of amides is 2. The summed E-state index contributed by atoms with van der Waals surface area (Å²) < 4.78 is 17.9. The Morgan fingerprint density at radius 1 is 0.661 bits per heavy atom. The molecule has 3 aromatic carbocycles. The number of ether oxygens (including phenoxy) is 3. The van der Waals surface area contributed by atoms with E-state index in [9.17, 15) is 9.59 Å². The quantitative estimate of drug-likeness (QED) is 0.143. The van der Waals surface area contributed by atoms with Crippen molar-refractivity contribution in [1.82, 2.24) is 20.0 Å². The molecule has 0 bridgehead atoms. The maximum absolute atomic E-state index is 11.2. The van der Waals surface area contributed by atoms with E-state index in [1.807, 2.05) is 65.5 Å². The Hall–Kier alpha value is -5.16. The van der Waals surface area contributed by atoms with Gasteiger partial charge in [0.05, 0.1) is 29.7 Å². The molecule has 5 aromatic rings. The molecule has 0 fully saturated rings. The smallest absolute Gasteiger partial charge is 0.262 e. The van der Waals surface area contributed by atoms with E-state index in [0.717, 1.165) is 41.4 Å². The molecule has 2 amide bonds. The maximum Gasteiger partial charge on any atom is 0.262 e. The summed E-state index contributed by atoms with van der Waals surface area (Å²) in [6.45, 7) is 27.8. The van der Waals surface area contributed by atoms with Gasteiger partial charge in [-0.3, -0.25) is 14.7 Å². The number of carbonyl (C=O) groups is 2. The van der Waals surface area contributed by atoms with Crippen LogP contribution in [0, 0.1) is 0 Å². The minimum Gasteiger partial charge on any atom is -0.482 e. The minimum atomic E-state index is -0.0917. The van der Waals surface area contributed by atoms with Crippen LogP contribution in [-0.2, 0) is 49.1 Å². The predicted molar refractivity (Wildman–Crippen MR) is 224 cm³/mol. The summed E-state index contributed by atoms with van der Waals surface area (Å²) in [4.78, 5) is 22.2. The van der Waals surface area contributed by atoms with Gasteiger partial charge in [-0.25, -0.2) is 4.68 Å². The standard InChI is InChI=1S/2C12H15NO2.C11H14N2.C10H16N2O/c1-12(2,3)8-4-5-10-9(6-8)13-11(14)7-15-10;1-12(2,3)8-4-5-9-10(6-8)15-7-11(14)13-9;1-11(2,3)10-8-6-4-5-7-9(8)12-13-10;1-10(2,3)8-6-11-12-7-13-5-4-9(8)12/h2*4-6H,7H2,1-3H3,(H,13,14);4-7H,1-3H3,(H,12,13);6H,4-5,7H2,1-3H3. The van der Waals surface area contributed by atoms with Crippen molar-refractivity contribution in [1.29, 1.82) is 0 Å². The highest BCUT2D eigenvalue weighted by atomic mass is 16.5. The number of anilines is 2. The number of fused-ring (bicyclic) bond motifs is 4. The van der Waals surface area contributed by atoms with Crippen LogP contribution in [0.25, 0.3) is 10.9 Å². The summed E-state index contributed by atoms with van der Waals surface area (Å²) in [6, 6.07) is 20.0. The van der Waals surface area contributed by atoms with Crippen LogP contribution in [0.3, 0.4) is 0 Å². The van der Waals surface area contributed by atoms with Gasteiger partial charge in [-0.05, 0) is 63.3 Å². The average Bonchev–Trinajstić information content (AvgIpc) is 3.77. The third-order valence-corrected chi connectivity index (χ3v) is 9.62. The van der Waals surface area contributed by atoms with E-state index < -0.39 is 0 Å². The molecule has 0 radical (unpaired) electrons. The fourth-order valence-electron chi connectivity index (χ4n) is 6.35. The van der Waals surface area contributed by atoms with Crippen molar-refractivity contribution >= 4 is 34.1 Å². The van der Waals surface area contributed by atoms with E-state index >= 15 is 0 Å². The van der Waals surface area contributed by atoms with Gasteiger partial charge in [-0.1, -0.05) is 113 Å². The van der Waals surface area contributed by atoms with Gasteiger partial charge < -0.3 is 24.8 Å². The predicted octanol–water partition coefficient (Wildman–Crippen LogP) is 9.20. The Kier molecular flexibility index (Phi) is 12.4. The molecule has 0 saturated carbocycles. The molecule has 3 aliphatic heterocycles. The Balaban J connectivity index is 0.000000143. The van der Waals surface area contributed by atoms with Crippen molar-refractivity contribution in [2.45, 2.75) is 118 Å². The van der Waals surface area contributed by atoms with Gasteiger partial charge in [-0.2, -0.15) is 10.2 Å². The van der Waals surface area contributed by atoms with Gasteiger partial charge in [-0.15, -0.1) is 0 Å². The molecular weight excluding hydrogens is 705 g/mol. The molecule has 300 valence electrons. The second-order valence-corrected chi connectivity index (χ2v) is 18.5. The van der Waals surface area contributed by atoms with E-state index in [1.165, 1.54) is 33.5 Å². The Bertz CT molecular complexity index is 2150. The lowest BCUT2D eigenvalue weighted by Gasteiger charge is -2.23. The number of para-hydroxylation sites is 1. The van der Waals surface area contributed by atoms with Crippen molar-refractivity contribution in [2.24, 2.45) is 0 Å². The summed E-state index contributed by atoms with van der Waals surface area (Å²) in [5.74, 6) is 1.34. The van der Waals surface area contributed by atoms with Crippen LogP contribution < -0.4 is 20.1 Å². The zero-order valence-corrected chi connectivity index (χ0v) is 35.3. The number of rotatable bonds is 0. The van der Waals surface area contributed by atoms with E-state index in [1.54, 1.807) is 0 Å². The summed E-state index contributed by atoms with van der Waals surface area (Å²) in [7, 11) is 0. The number of hydrogen-bond donors (Lipinski definition) is 3. The molecule has 8 rings (SSSR count). The number of aromatic nitrogens is 4. The van der Waals surface area contributed by atoms with E-state index in [-0.39, 0.29) is 46.7 Å². The number of H-pyrrole nitrogens is 1. The SMILES string of the molecule is CC(C)(C)c1[nH]nc2ccccc12.CC(C)(C)c1ccc2c(c1)NC(=O)CO2.CC(C)(C)c1ccc2c(c1)OCC(=O)N2.CC(C)(C)c1cnn2c1CCOC2. The number of nitrogens with one attached hydrogen (secondary N) is 3. The Morgan fingerprint density at radius 3 is 1.91 bits per heavy atom. The monoisotopic (exact) mass is 764 g/mol. The van der Waals surface area contributed by atoms with Crippen molar-refractivity contribution in [3.05, 3.63) is 94.9 Å². The van der Waals surface area contributed by atoms with Crippen molar-refractivity contribution < 1.29 is 23.8 Å². The van der Waals surface area contributed by atoms with Crippen LogP contribution in [0.4, 0.5) is 11.4 Å². The molecule has 0 saturated heterocycles. The van der Waals surface area contributed by atoms with Gasteiger partial charge in [0, 0.05) is 28.6 Å². The number of benzene rings is 3. The molecule has 0 atom stereocenters. The van der Waals surface area contributed by atoms with Gasteiger partial charge in [0.2, 0.25) is 0 Å². The number of carbonyl (C=O) groups excluding carboxylic acids is 2. The molecule has 5 heterocycles. The van der Waals surface area contributed by atoms with E-state index in [2.05, 4.69) is 115 Å². The molecule has 3 aliphatic rings. The van der Waals surface area contributed by atoms with Crippen LogP contribution in [-0.4, -0.2) is 51.6 Å². The highest BCUT2D eigenvalue weighted by Gasteiger charge is 2.25. The zero-order valence-electron chi connectivity index (χ0n) is 35.3. The maximum atomic E-state index is 11.2. The molecule has 0 aliphatic carbocycles. The zero-order chi connectivity index (χ0) is 41.1. The number of hydrogen-bond acceptors (Lipinski definition) is 7. The molecule has 11 nitrogen and oxygen atoms in total. The van der Waals surface area contributed by atoms with Crippen LogP contribution >= 0.6 is 0 Å². The fraction of sp³-hybridized carbons (Fsp3) is 0.467.